The highest BCUT2D eigenvalue weighted by Gasteiger charge is 2.35. The summed E-state index contributed by atoms with van der Waals surface area (Å²) in [6.45, 7) is 9.48. The van der Waals surface area contributed by atoms with Gasteiger partial charge in [0.1, 0.15) is 18.0 Å². The number of piperidine rings is 1. The van der Waals surface area contributed by atoms with Gasteiger partial charge in [0.05, 0.1) is 6.04 Å². The number of hydrogen-bond donors (Lipinski definition) is 3. The lowest BCUT2D eigenvalue weighted by atomic mass is 9.95. The Balaban J connectivity index is 2.08. The van der Waals surface area contributed by atoms with Gasteiger partial charge in [-0.15, -0.1) is 0 Å². The molecule has 2 atom stereocenters. The van der Waals surface area contributed by atoms with Gasteiger partial charge in [0.25, 0.3) is 0 Å². The maximum Gasteiger partial charge on any atom is 0.410 e. The maximum absolute atomic E-state index is 13.5. The van der Waals surface area contributed by atoms with Crippen LogP contribution in [0.3, 0.4) is 0 Å². The van der Waals surface area contributed by atoms with Crippen molar-refractivity contribution in [3.05, 3.63) is 29.8 Å². The molecule has 10 heteroatoms. The topological polar surface area (TPSA) is 136 Å². The Morgan fingerprint density at radius 3 is 2.26 bits per heavy atom. The summed E-state index contributed by atoms with van der Waals surface area (Å²) in [6, 6.07) is 4.89. The fourth-order valence-electron chi connectivity index (χ4n) is 4.19. The van der Waals surface area contributed by atoms with Crippen molar-refractivity contribution < 1.29 is 34.1 Å². The largest absolute Gasteiger partial charge is 0.508 e. The van der Waals surface area contributed by atoms with Crippen LogP contribution in [0.1, 0.15) is 65.9 Å². The number of aliphatic hydroxyl groups is 1. The summed E-state index contributed by atoms with van der Waals surface area (Å²) in [5, 5.41) is 21.6. The molecule has 1 aromatic carbocycles. The molecule has 4 amide bonds. The van der Waals surface area contributed by atoms with Crippen molar-refractivity contribution >= 4 is 23.8 Å². The second-order valence-electron chi connectivity index (χ2n) is 11.0. The first-order valence-electron chi connectivity index (χ1n) is 13.4. The van der Waals surface area contributed by atoms with Crippen LogP contribution in [-0.4, -0.2) is 81.7 Å². The average Bonchev–Trinajstić information content (AvgIpc) is 2.88. The SMILES string of the molecule is CCC(C)CN(C(=O)N[C@@H](CCc1ccc(O)cc1)C(=O)CO)C(=O)C1CCN(C(=O)OC(C)(C)C)CC1. The number of carbonyl (C=O) groups is 4. The summed E-state index contributed by atoms with van der Waals surface area (Å²) in [7, 11) is 0. The summed E-state index contributed by atoms with van der Waals surface area (Å²) >= 11 is 0. The Bertz CT molecular complexity index is 950. The normalized spacial score (nSPS) is 15.9. The van der Waals surface area contributed by atoms with E-state index in [1.54, 1.807) is 37.8 Å². The van der Waals surface area contributed by atoms with E-state index in [1.165, 1.54) is 17.0 Å². The number of amides is 4. The Morgan fingerprint density at radius 2 is 1.74 bits per heavy atom. The van der Waals surface area contributed by atoms with Gasteiger partial charge in [0.15, 0.2) is 5.78 Å². The van der Waals surface area contributed by atoms with Gasteiger partial charge in [-0.1, -0.05) is 32.4 Å². The van der Waals surface area contributed by atoms with E-state index in [4.69, 9.17) is 4.74 Å². The number of phenols is 1. The fraction of sp³-hybridized carbons (Fsp3) is 0.643. The van der Waals surface area contributed by atoms with E-state index >= 15 is 0 Å². The van der Waals surface area contributed by atoms with E-state index in [0.717, 1.165) is 12.0 Å². The number of aromatic hydroxyl groups is 1. The van der Waals surface area contributed by atoms with Crippen molar-refractivity contribution in [3.8, 4) is 5.75 Å². The predicted molar refractivity (Wildman–Crippen MR) is 143 cm³/mol. The summed E-state index contributed by atoms with van der Waals surface area (Å²) in [4.78, 5) is 54.4. The lowest BCUT2D eigenvalue weighted by Crippen LogP contribution is -2.54. The molecule has 0 spiro atoms. The third-order valence-corrected chi connectivity index (χ3v) is 6.70. The molecule has 3 N–H and O–H groups in total. The van der Waals surface area contributed by atoms with Gasteiger partial charge in [0.2, 0.25) is 5.91 Å². The van der Waals surface area contributed by atoms with Crippen LogP contribution in [0.4, 0.5) is 9.59 Å². The molecule has 1 aliphatic rings. The molecule has 1 heterocycles. The van der Waals surface area contributed by atoms with Crippen LogP contribution in [0.15, 0.2) is 24.3 Å². The van der Waals surface area contributed by atoms with E-state index in [9.17, 15) is 29.4 Å². The molecular formula is C28H43N3O7. The molecule has 1 unspecified atom stereocenters. The van der Waals surface area contributed by atoms with E-state index < -0.39 is 42.1 Å². The third-order valence-electron chi connectivity index (χ3n) is 6.70. The molecule has 1 saturated heterocycles. The van der Waals surface area contributed by atoms with Crippen LogP contribution < -0.4 is 5.32 Å². The van der Waals surface area contributed by atoms with Gasteiger partial charge >= 0.3 is 12.1 Å². The highest BCUT2D eigenvalue weighted by atomic mass is 16.6. The second-order valence-corrected chi connectivity index (χ2v) is 11.0. The van der Waals surface area contributed by atoms with E-state index in [2.05, 4.69) is 5.32 Å². The molecular weight excluding hydrogens is 490 g/mol. The molecule has 0 saturated carbocycles. The number of hydrogen-bond acceptors (Lipinski definition) is 7. The number of benzene rings is 1. The number of imide groups is 1. The zero-order valence-electron chi connectivity index (χ0n) is 23.2. The summed E-state index contributed by atoms with van der Waals surface area (Å²) in [6.07, 6.45) is 1.81. The molecule has 0 bridgehead atoms. The van der Waals surface area contributed by atoms with E-state index in [-0.39, 0.29) is 30.5 Å². The van der Waals surface area contributed by atoms with Gasteiger partial charge in [-0.05, 0) is 70.1 Å². The molecule has 1 aromatic rings. The standard InChI is InChI=1S/C28H43N3O7/c1-6-19(2)17-31(25(35)21-13-15-30(16-14-21)27(37)38-28(3,4)5)26(36)29-23(24(34)18-32)12-9-20-7-10-22(33)11-8-20/h7-8,10-11,19,21,23,32-33H,6,9,12-18H2,1-5H3,(H,29,36)/t19?,23-/m0/s1. The zero-order chi connectivity index (χ0) is 28.5. The molecule has 1 aliphatic heterocycles. The summed E-state index contributed by atoms with van der Waals surface area (Å²) < 4.78 is 5.43. The van der Waals surface area contributed by atoms with Gasteiger partial charge in [-0.3, -0.25) is 14.5 Å². The van der Waals surface area contributed by atoms with Gasteiger partial charge in [-0.25, -0.2) is 9.59 Å². The minimum atomic E-state index is -0.970. The van der Waals surface area contributed by atoms with Gasteiger partial charge in [-0.2, -0.15) is 0 Å². The number of nitrogens with one attached hydrogen (secondary N) is 1. The van der Waals surface area contributed by atoms with Crippen LogP contribution in [-0.2, 0) is 20.7 Å². The lowest BCUT2D eigenvalue weighted by molar-refractivity contribution is -0.135. The first-order chi connectivity index (χ1) is 17.8. The molecule has 0 radical (unpaired) electrons. The predicted octanol–water partition coefficient (Wildman–Crippen LogP) is 3.49. The number of ether oxygens (including phenoxy) is 1. The van der Waals surface area contributed by atoms with Crippen molar-refractivity contribution in [1.82, 2.24) is 15.1 Å². The first-order valence-corrected chi connectivity index (χ1v) is 13.4. The smallest absolute Gasteiger partial charge is 0.410 e. The average molecular weight is 534 g/mol. The number of phenolic OH excluding ortho intramolecular Hbond substituents is 1. The summed E-state index contributed by atoms with van der Waals surface area (Å²) in [5.41, 5.74) is 0.247. The molecule has 0 aromatic heterocycles. The molecule has 10 nitrogen and oxygen atoms in total. The van der Waals surface area contributed by atoms with Gasteiger partial charge < -0.3 is 25.2 Å². The van der Waals surface area contributed by atoms with Crippen LogP contribution in [0.5, 0.6) is 5.75 Å². The highest BCUT2D eigenvalue weighted by Crippen LogP contribution is 2.23. The third kappa shape index (κ3) is 9.63. The Morgan fingerprint density at radius 1 is 1.13 bits per heavy atom. The Labute approximate surface area is 225 Å². The maximum atomic E-state index is 13.5. The molecule has 2 rings (SSSR count). The number of Topliss-reactive ketones (excluding diaryl/α,β-unsaturated/α-hetero) is 1. The Kier molecular flexibility index (Phi) is 11.6. The number of ketones is 1. The van der Waals surface area contributed by atoms with Gasteiger partial charge in [0, 0.05) is 25.6 Å². The fourth-order valence-corrected chi connectivity index (χ4v) is 4.19. The first kappa shape index (κ1) is 31.1. The Hall–Kier alpha value is -3.14. The van der Waals surface area contributed by atoms with Crippen molar-refractivity contribution in [3.63, 3.8) is 0 Å². The zero-order valence-corrected chi connectivity index (χ0v) is 23.2. The van der Waals surface area contributed by atoms with Crippen molar-refractivity contribution in [2.45, 2.75) is 78.4 Å². The number of aliphatic hydroxyl groups excluding tert-OH is 1. The van der Waals surface area contributed by atoms with E-state index in [0.29, 0.717) is 32.4 Å². The van der Waals surface area contributed by atoms with Crippen LogP contribution >= 0.6 is 0 Å². The lowest BCUT2D eigenvalue weighted by Gasteiger charge is -2.35. The minimum absolute atomic E-state index is 0.0514. The molecule has 38 heavy (non-hydrogen) atoms. The monoisotopic (exact) mass is 533 g/mol. The van der Waals surface area contributed by atoms with Crippen LogP contribution in [0.25, 0.3) is 0 Å². The van der Waals surface area contributed by atoms with Crippen LogP contribution in [0.2, 0.25) is 0 Å². The van der Waals surface area contributed by atoms with Crippen molar-refractivity contribution in [2.24, 2.45) is 11.8 Å². The quantitative estimate of drug-likeness (QED) is 0.419. The number of urea groups is 1. The highest BCUT2D eigenvalue weighted by molar-refractivity contribution is 5.98. The molecule has 1 fully saturated rings. The second kappa shape index (κ2) is 14.1. The number of aryl methyl sites for hydroxylation is 1. The number of rotatable bonds is 10. The number of likely N-dealkylation sites (tertiary alicyclic amines) is 1. The van der Waals surface area contributed by atoms with Crippen molar-refractivity contribution in [2.75, 3.05) is 26.2 Å². The van der Waals surface area contributed by atoms with Crippen LogP contribution in [0, 0.1) is 11.8 Å². The number of nitrogens with zero attached hydrogens (tertiary/aromatic N) is 2. The summed E-state index contributed by atoms with van der Waals surface area (Å²) in [5.74, 6) is -1.14. The molecule has 0 aliphatic carbocycles. The molecule has 212 valence electrons. The van der Waals surface area contributed by atoms with E-state index in [1.807, 2.05) is 13.8 Å². The van der Waals surface area contributed by atoms with Crippen molar-refractivity contribution in [1.29, 1.82) is 0 Å². The minimum Gasteiger partial charge on any atom is -0.508 e. The number of carbonyl (C=O) groups excluding carboxylic acids is 4.